The number of rotatable bonds is 4. The van der Waals surface area contributed by atoms with Crippen molar-refractivity contribution in [2.45, 2.75) is 6.54 Å². The van der Waals surface area contributed by atoms with Crippen LogP contribution < -0.4 is 11.1 Å². The zero-order valence-corrected chi connectivity index (χ0v) is 10.2. The number of oxime groups is 1. The van der Waals surface area contributed by atoms with E-state index in [1.807, 2.05) is 30.3 Å². The Balaban J connectivity index is 2.10. The first kappa shape index (κ1) is 12.9. The zero-order valence-electron chi connectivity index (χ0n) is 10.2. The Labute approximate surface area is 110 Å². The Morgan fingerprint density at radius 1 is 1.21 bits per heavy atom. The van der Waals surface area contributed by atoms with Crippen molar-refractivity contribution in [3.8, 4) is 0 Å². The molecule has 19 heavy (non-hydrogen) atoms. The van der Waals surface area contributed by atoms with E-state index in [9.17, 15) is 4.39 Å². The average molecular weight is 259 g/mol. The summed E-state index contributed by atoms with van der Waals surface area (Å²) in [6, 6.07) is 14.0. The second kappa shape index (κ2) is 5.86. The van der Waals surface area contributed by atoms with Gasteiger partial charge in [0.15, 0.2) is 5.84 Å². The van der Waals surface area contributed by atoms with Crippen LogP contribution in [0, 0.1) is 5.82 Å². The van der Waals surface area contributed by atoms with Gasteiger partial charge >= 0.3 is 0 Å². The SMILES string of the molecule is NC(=NO)c1ccc(CNc2ccccc2)c(F)c1. The predicted molar refractivity (Wildman–Crippen MR) is 72.7 cm³/mol. The minimum Gasteiger partial charge on any atom is -0.409 e. The summed E-state index contributed by atoms with van der Waals surface area (Å²) in [5.41, 5.74) is 7.18. The number of hydrogen-bond acceptors (Lipinski definition) is 3. The Morgan fingerprint density at radius 2 is 1.95 bits per heavy atom. The average Bonchev–Trinajstić information content (AvgIpc) is 2.46. The van der Waals surface area contributed by atoms with Crippen LogP contribution in [0.3, 0.4) is 0 Å². The van der Waals surface area contributed by atoms with E-state index in [-0.39, 0.29) is 5.84 Å². The van der Waals surface area contributed by atoms with Crippen molar-refractivity contribution in [1.82, 2.24) is 0 Å². The lowest BCUT2D eigenvalue weighted by Crippen LogP contribution is -2.14. The summed E-state index contributed by atoms with van der Waals surface area (Å²) in [5.74, 6) is -0.506. The van der Waals surface area contributed by atoms with Crippen molar-refractivity contribution in [1.29, 1.82) is 0 Å². The highest BCUT2D eigenvalue weighted by Gasteiger charge is 2.06. The molecule has 2 rings (SSSR count). The molecule has 0 bridgehead atoms. The van der Waals surface area contributed by atoms with Gasteiger partial charge in [-0.3, -0.25) is 0 Å². The number of halogens is 1. The summed E-state index contributed by atoms with van der Waals surface area (Å²) in [6.07, 6.45) is 0. The van der Waals surface area contributed by atoms with E-state index in [0.29, 0.717) is 17.7 Å². The fraction of sp³-hybridized carbons (Fsp3) is 0.0714. The van der Waals surface area contributed by atoms with Crippen LogP contribution in [0.2, 0.25) is 0 Å². The number of hydrogen-bond donors (Lipinski definition) is 3. The first-order valence-corrected chi connectivity index (χ1v) is 5.76. The second-order valence-corrected chi connectivity index (χ2v) is 4.01. The van der Waals surface area contributed by atoms with Gasteiger partial charge in [-0.2, -0.15) is 0 Å². The number of nitrogens with two attached hydrogens (primary N) is 1. The van der Waals surface area contributed by atoms with Gasteiger partial charge in [-0.05, 0) is 18.2 Å². The number of amidine groups is 1. The molecule has 4 N–H and O–H groups in total. The van der Waals surface area contributed by atoms with Gasteiger partial charge in [0.1, 0.15) is 5.82 Å². The molecule has 0 aliphatic rings. The Hall–Kier alpha value is -2.56. The lowest BCUT2D eigenvalue weighted by Gasteiger charge is -2.08. The molecule has 0 saturated heterocycles. The van der Waals surface area contributed by atoms with E-state index in [0.717, 1.165) is 5.69 Å². The first-order chi connectivity index (χ1) is 9.20. The normalized spacial score (nSPS) is 11.3. The van der Waals surface area contributed by atoms with Crippen LogP contribution in [0.15, 0.2) is 53.7 Å². The van der Waals surface area contributed by atoms with Crippen molar-refractivity contribution in [2.24, 2.45) is 10.9 Å². The minimum atomic E-state index is -0.396. The number of nitrogens with zero attached hydrogens (tertiary/aromatic N) is 1. The van der Waals surface area contributed by atoms with Crippen LogP contribution >= 0.6 is 0 Å². The molecule has 2 aromatic carbocycles. The number of nitrogens with one attached hydrogen (secondary N) is 1. The molecule has 4 nitrogen and oxygen atoms in total. The highest BCUT2D eigenvalue weighted by atomic mass is 19.1. The first-order valence-electron chi connectivity index (χ1n) is 5.76. The lowest BCUT2D eigenvalue weighted by atomic mass is 10.1. The van der Waals surface area contributed by atoms with E-state index in [4.69, 9.17) is 10.9 Å². The van der Waals surface area contributed by atoms with Crippen molar-refractivity contribution >= 4 is 11.5 Å². The molecule has 0 radical (unpaired) electrons. The second-order valence-electron chi connectivity index (χ2n) is 4.01. The van der Waals surface area contributed by atoms with Crippen molar-refractivity contribution in [2.75, 3.05) is 5.32 Å². The standard InChI is InChI=1S/C14H14FN3O/c15-13-8-10(14(16)18-19)6-7-11(13)9-17-12-4-2-1-3-5-12/h1-8,17,19H,9H2,(H2,16,18). The van der Waals surface area contributed by atoms with Gasteiger partial charge in [0.05, 0.1) is 0 Å². The van der Waals surface area contributed by atoms with E-state index >= 15 is 0 Å². The molecule has 0 unspecified atom stereocenters. The fourth-order valence-electron chi connectivity index (χ4n) is 1.66. The van der Waals surface area contributed by atoms with E-state index in [1.54, 1.807) is 12.1 Å². The molecule has 5 heteroatoms. The topological polar surface area (TPSA) is 70.6 Å². The monoisotopic (exact) mass is 259 g/mol. The van der Waals surface area contributed by atoms with Crippen LogP contribution in [-0.4, -0.2) is 11.0 Å². The molecule has 0 aromatic heterocycles. The lowest BCUT2D eigenvalue weighted by molar-refractivity contribution is 0.318. The molecular formula is C14H14FN3O. The van der Waals surface area contributed by atoms with Gasteiger partial charge in [-0.15, -0.1) is 0 Å². The van der Waals surface area contributed by atoms with E-state index in [1.165, 1.54) is 6.07 Å². The number of benzene rings is 2. The quantitative estimate of drug-likeness (QED) is 0.342. The molecule has 0 saturated carbocycles. The van der Waals surface area contributed by atoms with Crippen LogP contribution in [0.5, 0.6) is 0 Å². The van der Waals surface area contributed by atoms with Crippen molar-refractivity contribution < 1.29 is 9.60 Å². The maximum atomic E-state index is 13.8. The van der Waals surface area contributed by atoms with Crippen LogP contribution in [0.1, 0.15) is 11.1 Å². The number of anilines is 1. The molecule has 0 aliphatic carbocycles. The molecule has 0 atom stereocenters. The van der Waals surface area contributed by atoms with E-state index in [2.05, 4.69) is 10.5 Å². The molecule has 0 heterocycles. The molecule has 0 spiro atoms. The fourth-order valence-corrected chi connectivity index (χ4v) is 1.66. The summed E-state index contributed by atoms with van der Waals surface area (Å²) in [5, 5.41) is 14.5. The predicted octanol–water partition coefficient (Wildman–Crippen LogP) is 2.53. The summed E-state index contributed by atoms with van der Waals surface area (Å²) in [7, 11) is 0. The Morgan fingerprint density at radius 3 is 2.58 bits per heavy atom. The van der Waals surface area contributed by atoms with Gasteiger partial charge in [0.25, 0.3) is 0 Å². The molecule has 0 amide bonds. The van der Waals surface area contributed by atoms with Gasteiger partial charge in [-0.1, -0.05) is 35.5 Å². The third kappa shape index (κ3) is 3.22. The molecule has 2 aromatic rings. The van der Waals surface area contributed by atoms with E-state index < -0.39 is 5.82 Å². The smallest absolute Gasteiger partial charge is 0.170 e. The van der Waals surface area contributed by atoms with Crippen molar-refractivity contribution in [3.05, 3.63) is 65.5 Å². The largest absolute Gasteiger partial charge is 0.409 e. The van der Waals surface area contributed by atoms with Crippen molar-refractivity contribution in [3.63, 3.8) is 0 Å². The minimum absolute atomic E-state index is 0.110. The highest BCUT2D eigenvalue weighted by Crippen LogP contribution is 2.13. The summed E-state index contributed by atoms with van der Waals surface area (Å²) < 4.78 is 13.8. The van der Waals surface area contributed by atoms with Gasteiger partial charge in [0, 0.05) is 23.4 Å². The number of para-hydroxylation sites is 1. The summed E-state index contributed by atoms with van der Waals surface area (Å²) >= 11 is 0. The summed E-state index contributed by atoms with van der Waals surface area (Å²) in [4.78, 5) is 0. The third-order valence-corrected chi connectivity index (χ3v) is 2.71. The maximum absolute atomic E-state index is 13.8. The molecule has 98 valence electrons. The Kier molecular flexibility index (Phi) is 3.97. The zero-order chi connectivity index (χ0) is 13.7. The van der Waals surface area contributed by atoms with Crippen LogP contribution in [0.4, 0.5) is 10.1 Å². The summed E-state index contributed by atoms with van der Waals surface area (Å²) in [6.45, 7) is 0.367. The maximum Gasteiger partial charge on any atom is 0.170 e. The molecule has 0 aliphatic heterocycles. The van der Waals surface area contributed by atoms with Gasteiger partial charge in [-0.25, -0.2) is 4.39 Å². The van der Waals surface area contributed by atoms with Gasteiger partial charge < -0.3 is 16.3 Å². The highest BCUT2D eigenvalue weighted by molar-refractivity contribution is 5.97. The Bertz CT molecular complexity index is 584. The molecular weight excluding hydrogens is 245 g/mol. The van der Waals surface area contributed by atoms with Crippen LogP contribution in [-0.2, 0) is 6.54 Å². The van der Waals surface area contributed by atoms with Crippen LogP contribution in [0.25, 0.3) is 0 Å². The third-order valence-electron chi connectivity index (χ3n) is 2.71. The molecule has 0 fully saturated rings. The van der Waals surface area contributed by atoms with Gasteiger partial charge in [0.2, 0.25) is 0 Å².